The maximum Gasteiger partial charge on any atom is 0.255 e. The Morgan fingerprint density at radius 3 is 2.45 bits per heavy atom. The fourth-order valence-electron chi connectivity index (χ4n) is 5.92. The van der Waals surface area contributed by atoms with Gasteiger partial charge in [0.1, 0.15) is 22.8 Å². The van der Waals surface area contributed by atoms with E-state index in [2.05, 4.69) is 25.7 Å². The minimum absolute atomic E-state index is 0.00335. The van der Waals surface area contributed by atoms with Crippen LogP contribution in [0.2, 0.25) is 5.02 Å². The summed E-state index contributed by atoms with van der Waals surface area (Å²) >= 11 is 6.83. The van der Waals surface area contributed by atoms with Gasteiger partial charge >= 0.3 is 0 Å². The molecule has 0 radical (unpaired) electrons. The fourth-order valence-corrected chi connectivity index (χ4v) is 6.21. The van der Waals surface area contributed by atoms with Crippen LogP contribution in [0, 0.1) is 17.3 Å². The van der Waals surface area contributed by atoms with E-state index in [1.54, 1.807) is 0 Å². The normalized spacial score (nSPS) is 25.4. The smallest absolute Gasteiger partial charge is 0.255 e. The summed E-state index contributed by atoms with van der Waals surface area (Å²) in [7, 11) is 0. The van der Waals surface area contributed by atoms with Crippen molar-refractivity contribution < 1.29 is 34.8 Å². The molecule has 0 spiro atoms. The lowest BCUT2D eigenvalue weighted by atomic mass is 9.59. The monoisotopic (exact) mass is 546 g/mol. The van der Waals surface area contributed by atoms with Crippen LogP contribution in [0.4, 0.5) is 0 Å². The highest BCUT2D eigenvalue weighted by atomic mass is 35.5. The molecule has 3 aliphatic rings. The Balaban J connectivity index is 1.76. The first-order chi connectivity index (χ1) is 17.6. The summed E-state index contributed by atoms with van der Waals surface area (Å²) in [5.41, 5.74) is 2.98. The molecule has 9 nitrogen and oxygen atoms in total. The number of rotatable bonds is 6. The van der Waals surface area contributed by atoms with E-state index in [1.807, 2.05) is 6.92 Å². The lowest BCUT2D eigenvalue weighted by Crippen LogP contribution is -2.58. The molecule has 3 aliphatic carbocycles. The zero-order valence-electron chi connectivity index (χ0n) is 22.1. The van der Waals surface area contributed by atoms with Crippen LogP contribution >= 0.6 is 11.6 Å². The zero-order valence-corrected chi connectivity index (χ0v) is 22.9. The van der Waals surface area contributed by atoms with Crippen molar-refractivity contribution >= 4 is 34.8 Å². The maximum absolute atomic E-state index is 13.6. The summed E-state index contributed by atoms with van der Waals surface area (Å²) in [5.74, 6) is -6.54. The van der Waals surface area contributed by atoms with Gasteiger partial charge in [0.25, 0.3) is 5.91 Å². The first kappa shape index (κ1) is 28.1. The Bertz CT molecular complexity index is 1290. The number of aliphatic hydroxyl groups is 3. The van der Waals surface area contributed by atoms with E-state index >= 15 is 0 Å². The number of nitrogens with zero attached hydrogens (tertiary/aromatic N) is 1. The number of hydrogen-bond donors (Lipinski definition) is 5. The minimum Gasteiger partial charge on any atom is -0.508 e. The molecule has 206 valence electrons. The molecule has 0 aliphatic heterocycles. The molecule has 3 atom stereocenters. The highest BCUT2D eigenvalue weighted by molar-refractivity contribution is 6.32. The Morgan fingerprint density at radius 2 is 1.87 bits per heavy atom. The molecule has 6 N–H and O–H groups in total. The van der Waals surface area contributed by atoms with E-state index in [1.165, 1.54) is 6.07 Å². The Kier molecular flexibility index (Phi) is 7.18. The maximum atomic E-state index is 13.6. The van der Waals surface area contributed by atoms with Crippen LogP contribution in [0.25, 0.3) is 5.76 Å². The Hall–Kier alpha value is -2.88. The van der Waals surface area contributed by atoms with Gasteiger partial charge in [-0.2, -0.15) is 0 Å². The number of benzene rings is 1. The van der Waals surface area contributed by atoms with Gasteiger partial charge in [-0.05, 0) is 60.9 Å². The molecular formula is C28H35ClN2O7. The topological polar surface area (TPSA) is 161 Å². The summed E-state index contributed by atoms with van der Waals surface area (Å²) in [6, 6.07) is 1.48. The number of ketones is 2. The average molecular weight is 547 g/mol. The van der Waals surface area contributed by atoms with Crippen LogP contribution in [0.5, 0.6) is 5.75 Å². The zero-order chi connectivity index (χ0) is 28.3. The van der Waals surface area contributed by atoms with E-state index in [9.17, 15) is 34.8 Å². The molecule has 1 unspecified atom stereocenters. The number of phenols is 1. The molecule has 1 fully saturated rings. The van der Waals surface area contributed by atoms with Crippen LogP contribution in [0.1, 0.15) is 63.6 Å². The van der Waals surface area contributed by atoms with Gasteiger partial charge in [-0.1, -0.05) is 39.3 Å². The standard InChI is InChI=1S/C28H35ClN2O7/c1-5-31(7-6-27(2,3)4)12-14-10-17(32)20-16(22(14)29)9-13-8-15-11-18(33)21(26(30)37)25(36)28(15,38)24(35)19(13)23(20)34/h10,13,15,32,34,36,38H,5-9,11-12H2,1-4H3,(H2,30,37)/t13?,15-,28-/m0/s1. The Labute approximate surface area is 226 Å². The quantitative estimate of drug-likeness (QED) is 0.339. The second kappa shape index (κ2) is 9.70. The summed E-state index contributed by atoms with van der Waals surface area (Å²) in [6.07, 6.45) is 0.855. The van der Waals surface area contributed by atoms with Crippen molar-refractivity contribution in [1.29, 1.82) is 0 Å². The van der Waals surface area contributed by atoms with E-state index in [0.29, 0.717) is 22.7 Å². The van der Waals surface area contributed by atoms with Gasteiger partial charge in [0.05, 0.1) is 5.56 Å². The number of primary amides is 1. The summed E-state index contributed by atoms with van der Waals surface area (Å²) in [4.78, 5) is 40.0. The highest BCUT2D eigenvalue weighted by Crippen LogP contribution is 2.53. The second-order valence-corrected chi connectivity index (χ2v) is 12.2. The average Bonchev–Trinajstić information content (AvgIpc) is 2.81. The third-order valence-electron chi connectivity index (χ3n) is 8.09. The van der Waals surface area contributed by atoms with Crippen molar-refractivity contribution in [2.75, 3.05) is 13.1 Å². The van der Waals surface area contributed by atoms with Crippen molar-refractivity contribution in [3.05, 3.63) is 44.7 Å². The first-order valence-electron chi connectivity index (χ1n) is 12.8. The molecule has 0 aromatic heterocycles. The summed E-state index contributed by atoms with van der Waals surface area (Å²) in [5, 5.41) is 44.5. The van der Waals surface area contributed by atoms with Gasteiger partial charge in [-0.3, -0.25) is 19.3 Å². The van der Waals surface area contributed by atoms with Gasteiger partial charge < -0.3 is 26.2 Å². The molecule has 0 saturated heterocycles. The number of amides is 1. The van der Waals surface area contributed by atoms with Gasteiger partial charge in [-0.15, -0.1) is 0 Å². The van der Waals surface area contributed by atoms with E-state index in [-0.39, 0.29) is 41.6 Å². The van der Waals surface area contributed by atoms with Gasteiger partial charge in [0, 0.05) is 29.5 Å². The predicted octanol–water partition coefficient (Wildman–Crippen LogP) is 3.34. The van der Waals surface area contributed by atoms with Crippen LogP contribution in [-0.2, 0) is 27.3 Å². The SMILES string of the molecule is CCN(CCC(C)(C)C)Cc1cc(O)c2c(c1Cl)CC1C[C@H]3CC(=O)C(C(N)=O)=C(O)[C@@]3(O)C(=O)C1=C2O. The fraction of sp³-hybridized carbons (Fsp3) is 0.536. The van der Waals surface area contributed by atoms with Gasteiger partial charge in [-0.25, -0.2) is 0 Å². The number of halogens is 1. The number of hydrogen-bond acceptors (Lipinski definition) is 8. The number of aromatic hydroxyl groups is 1. The molecule has 10 heteroatoms. The van der Waals surface area contributed by atoms with Crippen LogP contribution in [0.3, 0.4) is 0 Å². The number of Topliss-reactive ketones (excluding diaryl/α,β-unsaturated/α-hetero) is 2. The highest BCUT2D eigenvalue weighted by Gasteiger charge is 2.60. The molecule has 38 heavy (non-hydrogen) atoms. The van der Waals surface area contributed by atoms with Crippen LogP contribution in [0.15, 0.2) is 23.0 Å². The van der Waals surface area contributed by atoms with Crippen molar-refractivity contribution in [1.82, 2.24) is 4.90 Å². The molecule has 0 bridgehead atoms. The number of phenolic OH excluding ortho intramolecular Hbond substituents is 1. The number of carbonyl (C=O) groups is 3. The van der Waals surface area contributed by atoms with Gasteiger partial charge in [0.2, 0.25) is 5.78 Å². The van der Waals surface area contributed by atoms with Crippen molar-refractivity contribution in [3.63, 3.8) is 0 Å². The van der Waals surface area contributed by atoms with Crippen molar-refractivity contribution in [3.8, 4) is 5.75 Å². The largest absolute Gasteiger partial charge is 0.508 e. The molecule has 1 amide bonds. The van der Waals surface area contributed by atoms with E-state index < -0.39 is 52.0 Å². The number of carbonyl (C=O) groups excluding carboxylic acids is 3. The number of aliphatic hydroxyl groups excluding tert-OH is 2. The molecular weight excluding hydrogens is 512 g/mol. The Morgan fingerprint density at radius 1 is 1.21 bits per heavy atom. The third-order valence-corrected chi connectivity index (χ3v) is 8.56. The van der Waals surface area contributed by atoms with Crippen molar-refractivity contribution in [2.24, 2.45) is 23.0 Å². The predicted molar refractivity (Wildman–Crippen MR) is 141 cm³/mol. The minimum atomic E-state index is -2.58. The summed E-state index contributed by atoms with van der Waals surface area (Å²) < 4.78 is 0. The molecule has 1 saturated carbocycles. The van der Waals surface area contributed by atoms with Crippen LogP contribution in [-0.4, -0.2) is 61.5 Å². The third kappa shape index (κ3) is 4.50. The molecule has 0 heterocycles. The van der Waals surface area contributed by atoms with Crippen LogP contribution < -0.4 is 5.73 Å². The molecule has 4 rings (SSSR count). The molecule has 1 aromatic carbocycles. The van der Waals surface area contributed by atoms with Crippen molar-refractivity contribution in [2.45, 2.75) is 65.5 Å². The van der Waals surface area contributed by atoms with Gasteiger partial charge in [0.15, 0.2) is 11.4 Å². The van der Waals surface area contributed by atoms with E-state index in [0.717, 1.165) is 19.5 Å². The molecule has 1 aromatic rings. The number of fused-ring (bicyclic) bond motifs is 3. The summed E-state index contributed by atoms with van der Waals surface area (Å²) in [6.45, 7) is 10.6. The first-order valence-corrected chi connectivity index (χ1v) is 13.2. The second-order valence-electron chi connectivity index (χ2n) is 11.8. The van der Waals surface area contributed by atoms with E-state index in [4.69, 9.17) is 17.3 Å². The lowest BCUT2D eigenvalue weighted by Gasteiger charge is -2.46. The number of nitrogens with two attached hydrogens (primary N) is 1. The lowest BCUT2D eigenvalue weighted by molar-refractivity contribution is -0.147.